The molecule has 20 heavy (non-hydrogen) atoms. The Balaban J connectivity index is 1.77. The topological polar surface area (TPSA) is 43.8 Å². The molecule has 0 spiro atoms. The van der Waals surface area contributed by atoms with Crippen LogP contribution in [0.2, 0.25) is 0 Å². The smallest absolute Gasteiger partial charge is 0.108 e. The molecule has 0 amide bonds. The fourth-order valence-corrected chi connectivity index (χ4v) is 3.58. The summed E-state index contributed by atoms with van der Waals surface area (Å²) in [4.78, 5) is 4.38. The lowest BCUT2D eigenvalue weighted by Gasteiger charge is -2.38. The number of hydrogen-bond acceptors (Lipinski definition) is 2. The number of imidazole rings is 1. The van der Waals surface area contributed by atoms with Crippen LogP contribution in [0.15, 0.2) is 12.4 Å². The first kappa shape index (κ1) is 15.6. The predicted octanol–water partition coefficient (Wildman–Crippen LogP) is 3.53. The van der Waals surface area contributed by atoms with Gasteiger partial charge in [0, 0.05) is 31.9 Å². The van der Waals surface area contributed by atoms with Gasteiger partial charge in [0.25, 0.3) is 0 Å². The summed E-state index contributed by atoms with van der Waals surface area (Å²) < 4.78 is 2.10. The molecular formula is C17H31N3. The summed E-state index contributed by atoms with van der Waals surface area (Å²) in [5, 5.41) is 0. The standard InChI is InChI=1S/C17H31N3/c1-17(2,3)14-7-5-13(6-8-14)15(18)9-10-16-19-11-12-20(16)4/h11-15H,5-10,18H2,1-4H3. The molecule has 1 aromatic heterocycles. The van der Waals surface area contributed by atoms with Gasteiger partial charge < -0.3 is 10.3 Å². The van der Waals surface area contributed by atoms with Crippen LogP contribution in [-0.2, 0) is 13.5 Å². The highest BCUT2D eigenvalue weighted by atomic mass is 15.0. The third kappa shape index (κ3) is 3.85. The second-order valence-electron chi connectivity index (χ2n) is 7.63. The SMILES string of the molecule is Cn1ccnc1CCC(N)C1CCC(C(C)(C)C)CC1. The number of nitrogens with two attached hydrogens (primary N) is 1. The second kappa shape index (κ2) is 6.30. The minimum Gasteiger partial charge on any atom is -0.338 e. The molecule has 2 rings (SSSR count). The van der Waals surface area contributed by atoms with Gasteiger partial charge in [-0.15, -0.1) is 0 Å². The van der Waals surface area contributed by atoms with Crippen molar-refractivity contribution in [2.45, 2.75) is 65.3 Å². The third-order valence-corrected chi connectivity index (χ3v) is 5.22. The van der Waals surface area contributed by atoms with Gasteiger partial charge in [-0.2, -0.15) is 0 Å². The van der Waals surface area contributed by atoms with E-state index in [4.69, 9.17) is 5.73 Å². The Morgan fingerprint density at radius 3 is 2.45 bits per heavy atom. The van der Waals surface area contributed by atoms with Crippen molar-refractivity contribution < 1.29 is 0 Å². The fourth-order valence-electron chi connectivity index (χ4n) is 3.58. The first-order chi connectivity index (χ1) is 9.38. The van der Waals surface area contributed by atoms with Crippen molar-refractivity contribution >= 4 is 0 Å². The maximum Gasteiger partial charge on any atom is 0.108 e. The molecule has 3 nitrogen and oxygen atoms in total. The molecule has 1 aliphatic carbocycles. The Kier molecular flexibility index (Phi) is 4.90. The summed E-state index contributed by atoms with van der Waals surface area (Å²) in [6.45, 7) is 7.12. The van der Waals surface area contributed by atoms with E-state index >= 15 is 0 Å². The maximum absolute atomic E-state index is 6.43. The van der Waals surface area contributed by atoms with Gasteiger partial charge in [-0.05, 0) is 49.4 Å². The van der Waals surface area contributed by atoms with Gasteiger partial charge in [-0.3, -0.25) is 0 Å². The average Bonchev–Trinajstić information content (AvgIpc) is 2.81. The van der Waals surface area contributed by atoms with Crippen LogP contribution in [0.25, 0.3) is 0 Å². The van der Waals surface area contributed by atoms with Gasteiger partial charge in [0.2, 0.25) is 0 Å². The Morgan fingerprint density at radius 2 is 1.95 bits per heavy atom. The normalized spacial score (nSPS) is 25.6. The number of aromatic nitrogens is 2. The zero-order chi connectivity index (χ0) is 14.8. The Bertz CT molecular complexity index is 408. The molecule has 1 saturated carbocycles. The van der Waals surface area contributed by atoms with E-state index in [-0.39, 0.29) is 0 Å². The molecule has 0 bridgehead atoms. The Morgan fingerprint density at radius 1 is 1.30 bits per heavy atom. The maximum atomic E-state index is 6.43. The number of aryl methyl sites for hydroxylation is 2. The predicted molar refractivity (Wildman–Crippen MR) is 84.4 cm³/mol. The first-order valence-electron chi connectivity index (χ1n) is 8.09. The molecular weight excluding hydrogens is 246 g/mol. The molecule has 2 N–H and O–H groups in total. The number of rotatable bonds is 4. The summed E-state index contributed by atoms with van der Waals surface area (Å²) in [7, 11) is 2.06. The molecule has 0 radical (unpaired) electrons. The van der Waals surface area contributed by atoms with Crippen molar-refractivity contribution in [1.82, 2.24) is 9.55 Å². The first-order valence-corrected chi connectivity index (χ1v) is 8.09. The van der Waals surface area contributed by atoms with Crippen molar-refractivity contribution in [1.29, 1.82) is 0 Å². The van der Waals surface area contributed by atoms with Gasteiger partial charge in [0.15, 0.2) is 0 Å². The van der Waals surface area contributed by atoms with E-state index in [0.717, 1.165) is 24.6 Å². The average molecular weight is 277 g/mol. The van der Waals surface area contributed by atoms with E-state index in [1.54, 1.807) is 0 Å². The molecule has 114 valence electrons. The van der Waals surface area contributed by atoms with Gasteiger partial charge in [0.1, 0.15) is 5.82 Å². The third-order valence-electron chi connectivity index (χ3n) is 5.22. The molecule has 1 fully saturated rings. The summed E-state index contributed by atoms with van der Waals surface area (Å²) in [5.41, 5.74) is 6.89. The quantitative estimate of drug-likeness (QED) is 0.915. The highest BCUT2D eigenvalue weighted by Gasteiger charge is 2.31. The lowest BCUT2D eigenvalue weighted by molar-refractivity contribution is 0.138. The van der Waals surface area contributed by atoms with Crippen LogP contribution in [0.5, 0.6) is 0 Å². The molecule has 1 heterocycles. The van der Waals surface area contributed by atoms with E-state index in [1.807, 2.05) is 12.4 Å². The monoisotopic (exact) mass is 277 g/mol. The Hall–Kier alpha value is -0.830. The van der Waals surface area contributed by atoms with Crippen LogP contribution in [0.3, 0.4) is 0 Å². The van der Waals surface area contributed by atoms with Crippen molar-refractivity contribution in [3.63, 3.8) is 0 Å². The van der Waals surface area contributed by atoms with E-state index in [9.17, 15) is 0 Å². The summed E-state index contributed by atoms with van der Waals surface area (Å²) in [6.07, 6.45) is 11.3. The van der Waals surface area contributed by atoms with E-state index in [1.165, 1.54) is 25.7 Å². The zero-order valence-electron chi connectivity index (χ0n) is 13.6. The largest absolute Gasteiger partial charge is 0.338 e. The minimum atomic E-state index is 0.340. The summed E-state index contributed by atoms with van der Waals surface area (Å²) in [5.74, 6) is 2.75. The van der Waals surface area contributed by atoms with Crippen LogP contribution >= 0.6 is 0 Å². The molecule has 1 aliphatic rings. The van der Waals surface area contributed by atoms with Crippen LogP contribution in [0.4, 0.5) is 0 Å². The van der Waals surface area contributed by atoms with Gasteiger partial charge in [-0.1, -0.05) is 20.8 Å². The molecule has 0 saturated heterocycles. The van der Waals surface area contributed by atoms with Crippen LogP contribution < -0.4 is 5.73 Å². The van der Waals surface area contributed by atoms with Gasteiger partial charge in [-0.25, -0.2) is 4.98 Å². The van der Waals surface area contributed by atoms with Crippen molar-refractivity contribution in [3.8, 4) is 0 Å². The minimum absolute atomic E-state index is 0.340. The lowest BCUT2D eigenvalue weighted by atomic mass is 9.68. The van der Waals surface area contributed by atoms with E-state index in [2.05, 4.69) is 37.4 Å². The van der Waals surface area contributed by atoms with Crippen molar-refractivity contribution in [2.75, 3.05) is 0 Å². The lowest BCUT2D eigenvalue weighted by Crippen LogP contribution is -2.36. The molecule has 0 aliphatic heterocycles. The summed E-state index contributed by atoms with van der Waals surface area (Å²) >= 11 is 0. The summed E-state index contributed by atoms with van der Waals surface area (Å²) in [6, 6.07) is 0.340. The van der Waals surface area contributed by atoms with Crippen molar-refractivity contribution in [2.24, 2.45) is 30.0 Å². The van der Waals surface area contributed by atoms with E-state index in [0.29, 0.717) is 17.4 Å². The van der Waals surface area contributed by atoms with Crippen LogP contribution in [0.1, 0.15) is 58.7 Å². The Labute approximate surface area is 124 Å². The second-order valence-corrected chi connectivity index (χ2v) is 7.63. The number of hydrogen-bond donors (Lipinski definition) is 1. The molecule has 3 heteroatoms. The molecule has 0 aromatic carbocycles. The molecule has 1 aromatic rings. The van der Waals surface area contributed by atoms with Crippen LogP contribution in [-0.4, -0.2) is 15.6 Å². The highest BCUT2D eigenvalue weighted by molar-refractivity contribution is 4.93. The molecule has 1 atom stereocenters. The fraction of sp³-hybridized carbons (Fsp3) is 0.824. The van der Waals surface area contributed by atoms with Gasteiger partial charge in [0.05, 0.1) is 0 Å². The zero-order valence-corrected chi connectivity index (χ0v) is 13.6. The van der Waals surface area contributed by atoms with Gasteiger partial charge >= 0.3 is 0 Å². The number of nitrogens with zero attached hydrogens (tertiary/aromatic N) is 2. The van der Waals surface area contributed by atoms with Crippen molar-refractivity contribution in [3.05, 3.63) is 18.2 Å². The molecule has 1 unspecified atom stereocenters. The van der Waals surface area contributed by atoms with Crippen LogP contribution in [0, 0.1) is 17.3 Å². The highest BCUT2D eigenvalue weighted by Crippen LogP contribution is 2.40. The van der Waals surface area contributed by atoms with E-state index < -0.39 is 0 Å².